The van der Waals surface area contributed by atoms with E-state index in [1.807, 2.05) is 18.2 Å². The number of imidazole rings is 1. The second-order valence-electron chi connectivity index (χ2n) is 6.07. The van der Waals surface area contributed by atoms with Crippen molar-refractivity contribution >= 4 is 28.5 Å². The van der Waals surface area contributed by atoms with Crippen LogP contribution in [-0.2, 0) is 6.42 Å². The molecule has 2 N–H and O–H groups in total. The molecule has 2 aromatic heterocycles. The number of nitrogens with zero attached hydrogens (tertiary/aromatic N) is 4. The van der Waals surface area contributed by atoms with Gasteiger partial charge in [0.15, 0.2) is 0 Å². The summed E-state index contributed by atoms with van der Waals surface area (Å²) in [7, 11) is 0. The predicted molar refractivity (Wildman–Crippen MR) is 96.3 cm³/mol. The maximum Gasteiger partial charge on any atom is 0.229 e. The maximum atomic E-state index is 4.70. The van der Waals surface area contributed by atoms with E-state index < -0.39 is 0 Å². The second-order valence-corrected chi connectivity index (χ2v) is 6.07. The molecule has 1 aliphatic rings. The number of aromatic nitrogens is 4. The first-order valence-electron chi connectivity index (χ1n) is 8.50. The lowest BCUT2D eigenvalue weighted by Gasteiger charge is -2.18. The first kappa shape index (κ1) is 14.9. The summed E-state index contributed by atoms with van der Waals surface area (Å²) in [6, 6.07) is 8.13. The Hall–Kier alpha value is -2.63. The van der Waals surface area contributed by atoms with Gasteiger partial charge in [-0.1, -0.05) is 13.3 Å². The van der Waals surface area contributed by atoms with Gasteiger partial charge in [-0.15, -0.1) is 0 Å². The lowest BCUT2D eigenvalue weighted by Crippen LogP contribution is -2.17. The normalized spacial score (nSPS) is 14.5. The summed E-state index contributed by atoms with van der Waals surface area (Å²) in [4.78, 5) is 19.0. The van der Waals surface area contributed by atoms with Crippen LogP contribution in [0.15, 0.2) is 30.6 Å². The van der Waals surface area contributed by atoms with Gasteiger partial charge < -0.3 is 15.2 Å². The predicted octanol–water partition coefficient (Wildman–Crippen LogP) is 3.81. The molecule has 6 heteroatoms. The number of rotatable bonds is 5. The molecule has 1 fully saturated rings. The summed E-state index contributed by atoms with van der Waals surface area (Å²) in [5.74, 6) is 1.63. The van der Waals surface area contributed by atoms with Crippen molar-refractivity contribution in [3.8, 4) is 0 Å². The third-order valence-corrected chi connectivity index (χ3v) is 4.20. The van der Waals surface area contributed by atoms with Crippen LogP contribution in [0.25, 0.3) is 11.0 Å². The molecule has 0 saturated carbocycles. The van der Waals surface area contributed by atoms with Gasteiger partial charge in [0, 0.05) is 24.0 Å². The molecular weight excluding hydrogens is 300 g/mol. The van der Waals surface area contributed by atoms with Crippen LogP contribution >= 0.6 is 0 Å². The Morgan fingerprint density at radius 1 is 1.25 bits per heavy atom. The topological polar surface area (TPSA) is 69.7 Å². The number of aromatic amines is 1. The van der Waals surface area contributed by atoms with Crippen LogP contribution in [0, 0.1) is 6.54 Å². The Bertz CT molecular complexity index is 834. The van der Waals surface area contributed by atoms with Gasteiger partial charge >= 0.3 is 0 Å². The van der Waals surface area contributed by atoms with E-state index in [1.165, 1.54) is 6.42 Å². The van der Waals surface area contributed by atoms with Gasteiger partial charge in [0.05, 0.1) is 23.9 Å². The van der Waals surface area contributed by atoms with Crippen molar-refractivity contribution in [2.45, 2.75) is 32.6 Å². The maximum absolute atomic E-state index is 4.70. The molecule has 0 amide bonds. The fraction of sp³-hybridized carbons (Fsp3) is 0.333. The van der Waals surface area contributed by atoms with Crippen molar-refractivity contribution in [2.75, 3.05) is 16.8 Å². The lowest BCUT2D eigenvalue weighted by molar-refractivity contribution is 0.866. The highest BCUT2D eigenvalue weighted by molar-refractivity contribution is 5.79. The lowest BCUT2D eigenvalue weighted by atomic mass is 10.2. The van der Waals surface area contributed by atoms with E-state index >= 15 is 0 Å². The Kier molecular flexibility index (Phi) is 4.02. The Balaban J connectivity index is 1.64. The average Bonchev–Trinajstić information content (AvgIpc) is 3.26. The minimum atomic E-state index is 0.645. The minimum absolute atomic E-state index is 0.645. The molecule has 1 aromatic carbocycles. The number of hydrogen-bond donors (Lipinski definition) is 2. The summed E-state index contributed by atoms with van der Waals surface area (Å²) in [6.07, 6.45) is 6.03. The van der Waals surface area contributed by atoms with Crippen LogP contribution in [0.2, 0.25) is 0 Å². The molecule has 0 bridgehead atoms. The standard InChI is InChI=1S/C18H21N6/c1-2-5-13-11-17(24-8-3-4-9-24)23-18(21-13)22-14-6-7-15-16(10-14)20-12-19-15/h6-8,10-12H,2-5,9H2,1H3,(H,19,20)(H,21,22,23). The zero-order chi connectivity index (χ0) is 16.4. The number of nitrogens with one attached hydrogen (secondary N) is 2. The molecule has 1 aliphatic heterocycles. The Morgan fingerprint density at radius 2 is 2.21 bits per heavy atom. The van der Waals surface area contributed by atoms with E-state index in [9.17, 15) is 0 Å². The molecule has 24 heavy (non-hydrogen) atoms. The fourth-order valence-electron chi connectivity index (χ4n) is 3.02. The molecule has 3 heterocycles. The molecule has 123 valence electrons. The van der Waals surface area contributed by atoms with Gasteiger partial charge in [0.1, 0.15) is 5.82 Å². The van der Waals surface area contributed by atoms with Gasteiger partial charge in [0.25, 0.3) is 0 Å². The Labute approximate surface area is 141 Å². The van der Waals surface area contributed by atoms with E-state index in [1.54, 1.807) is 6.33 Å². The van der Waals surface area contributed by atoms with Gasteiger partial charge in [-0.25, -0.2) is 9.97 Å². The van der Waals surface area contributed by atoms with Crippen LogP contribution in [0.4, 0.5) is 17.5 Å². The van der Waals surface area contributed by atoms with Crippen molar-refractivity contribution in [1.29, 1.82) is 0 Å². The third-order valence-electron chi connectivity index (χ3n) is 4.20. The van der Waals surface area contributed by atoms with Crippen LogP contribution < -0.4 is 10.2 Å². The van der Waals surface area contributed by atoms with E-state index in [-0.39, 0.29) is 0 Å². The molecule has 0 unspecified atom stereocenters. The van der Waals surface area contributed by atoms with Crippen molar-refractivity contribution in [3.63, 3.8) is 0 Å². The SMILES string of the molecule is CCCc1cc(N2[CH]CCC2)nc(Nc2ccc3[nH]cnc3c2)n1. The first-order valence-corrected chi connectivity index (χ1v) is 8.50. The summed E-state index contributed by atoms with van der Waals surface area (Å²) < 4.78 is 0. The minimum Gasteiger partial charge on any atom is -0.351 e. The smallest absolute Gasteiger partial charge is 0.229 e. The van der Waals surface area contributed by atoms with Gasteiger partial charge in [0.2, 0.25) is 5.95 Å². The number of hydrogen-bond acceptors (Lipinski definition) is 5. The zero-order valence-electron chi connectivity index (χ0n) is 13.8. The highest BCUT2D eigenvalue weighted by Gasteiger charge is 2.16. The highest BCUT2D eigenvalue weighted by atomic mass is 15.2. The zero-order valence-corrected chi connectivity index (χ0v) is 13.8. The number of aryl methyl sites for hydroxylation is 1. The fourth-order valence-corrected chi connectivity index (χ4v) is 3.02. The summed E-state index contributed by atoms with van der Waals surface area (Å²) in [6.45, 7) is 5.42. The highest BCUT2D eigenvalue weighted by Crippen LogP contribution is 2.25. The quantitative estimate of drug-likeness (QED) is 0.748. The molecule has 1 saturated heterocycles. The van der Waals surface area contributed by atoms with Gasteiger partial charge in [-0.05, 0) is 37.5 Å². The van der Waals surface area contributed by atoms with E-state index in [0.29, 0.717) is 5.95 Å². The number of H-pyrrole nitrogens is 1. The summed E-state index contributed by atoms with van der Waals surface area (Å²) in [5, 5.41) is 3.33. The van der Waals surface area contributed by atoms with Crippen molar-refractivity contribution < 1.29 is 0 Å². The molecule has 0 aliphatic carbocycles. The van der Waals surface area contributed by atoms with Gasteiger partial charge in [-0.2, -0.15) is 4.98 Å². The largest absolute Gasteiger partial charge is 0.351 e. The molecule has 6 nitrogen and oxygen atoms in total. The van der Waals surface area contributed by atoms with E-state index in [4.69, 9.17) is 4.98 Å². The summed E-state index contributed by atoms with van der Waals surface area (Å²) >= 11 is 0. The molecule has 0 spiro atoms. The molecule has 3 aromatic rings. The molecule has 0 atom stereocenters. The Morgan fingerprint density at radius 3 is 3.04 bits per heavy atom. The monoisotopic (exact) mass is 321 g/mol. The number of anilines is 3. The van der Waals surface area contributed by atoms with Crippen molar-refractivity contribution in [3.05, 3.63) is 42.8 Å². The van der Waals surface area contributed by atoms with E-state index in [0.717, 1.165) is 54.0 Å². The average molecular weight is 321 g/mol. The number of fused-ring (bicyclic) bond motifs is 1. The van der Waals surface area contributed by atoms with Gasteiger partial charge in [-0.3, -0.25) is 0 Å². The van der Waals surface area contributed by atoms with Crippen LogP contribution in [0.5, 0.6) is 0 Å². The van der Waals surface area contributed by atoms with Crippen molar-refractivity contribution in [2.24, 2.45) is 0 Å². The second kappa shape index (κ2) is 6.47. The van der Waals surface area contributed by atoms with Crippen LogP contribution in [-0.4, -0.2) is 26.5 Å². The molecule has 1 radical (unpaired) electrons. The number of benzene rings is 1. The molecule has 4 rings (SSSR count). The van der Waals surface area contributed by atoms with Crippen molar-refractivity contribution in [1.82, 2.24) is 19.9 Å². The van der Waals surface area contributed by atoms with E-state index in [2.05, 4.69) is 44.7 Å². The first-order chi connectivity index (χ1) is 11.8. The van der Waals surface area contributed by atoms with Crippen LogP contribution in [0.3, 0.4) is 0 Å². The molecular formula is C18H21N6. The third kappa shape index (κ3) is 3.04. The summed E-state index contributed by atoms with van der Waals surface area (Å²) in [5.41, 5.74) is 3.97. The van der Waals surface area contributed by atoms with Crippen LogP contribution in [0.1, 0.15) is 31.9 Å².